The van der Waals surface area contributed by atoms with Crippen molar-refractivity contribution >= 4 is 28.9 Å². The van der Waals surface area contributed by atoms with Gasteiger partial charge in [0.25, 0.3) is 0 Å². The first-order valence-corrected chi connectivity index (χ1v) is 12.7. The maximum absolute atomic E-state index is 10.6. The molecule has 0 saturated carbocycles. The van der Waals surface area contributed by atoms with Gasteiger partial charge in [0.1, 0.15) is 5.75 Å². The lowest BCUT2D eigenvalue weighted by Gasteiger charge is -2.32. The molecule has 0 bridgehead atoms. The normalized spacial score (nSPS) is 20.9. The summed E-state index contributed by atoms with van der Waals surface area (Å²) in [6.07, 6.45) is 1.82. The molecule has 184 valence electrons. The maximum Gasteiger partial charge on any atom is 0.170 e. The van der Waals surface area contributed by atoms with E-state index in [1.807, 2.05) is 31.3 Å². The SMILES string of the molecule is Cc1cc(C2C(c3ccccn3)NC(=S)N2CCN2CCOCC2)c(C)n1-c1cc(Cl)ccc1O. The number of benzene rings is 1. The van der Waals surface area contributed by atoms with E-state index in [1.54, 1.807) is 18.2 Å². The number of aryl methyl sites for hydroxylation is 1. The second-order valence-electron chi connectivity index (χ2n) is 9.07. The van der Waals surface area contributed by atoms with E-state index in [9.17, 15) is 5.11 Å². The van der Waals surface area contributed by atoms with Crippen molar-refractivity contribution in [2.45, 2.75) is 25.9 Å². The number of pyridine rings is 1. The minimum atomic E-state index is -0.0877. The largest absolute Gasteiger partial charge is 0.506 e. The average Bonchev–Trinajstić information content (AvgIpc) is 3.35. The molecule has 7 nitrogen and oxygen atoms in total. The van der Waals surface area contributed by atoms with Crippen molar-refractivity contribution in [3.63, 3.8) is 0 Å². The highest BCUT2D eigenvalue weighted by Crippen LogP contribution is 2.42. The summed E-state index contributed by atoms with van der Waals surface area (Å²) in [4.78, 5) is 9.37. The first-order valence-electron chi connectivity index (χ1n) is 11.9. The number of rotatable bonds is 6. The first-order chi connectivity index (χ1) is 16.9. The monoisotopic (exact) mass is 511 g/mol. The van der Waals surface area contributed by atoms with Gasteiger partial charge in [-0.25, -0.2) is 0 Å². The summed E-state index contributed by atoms with van der Waals surface area (Å²) in [5, 5.41) is 15.5. The number of phenols is 1. The van der Waals surface area contributed by atoms with Gasteiger partial charge in [0.2, 0.25) is 0 Å². The molecule has 0 radical (unpaired) electrons. The second kappa shape index (κ2) is 10.1. The van der Waals surface area contributed by atoms with Crippen LogP contribution in [0.4, 0.5) is 0 Å². The summed E-state index contributed by atoms with van der Waals surface area (Å²) in [5.74, 6) is 0.188. The smallest absolute Gasteiger partial charge is 0.170 e. The summed E-state index contributed by atoms with van der Waals surface area (Å²) in [6, 6.07) is 13.2. The average molecular weight is 512 g/mol. The van der Waals surface area contributed by atoms with Crippen molar-refractivity contribution in [1.29, 1.82) is 0 Å². The number of aromatic nitrogens is 2. The number of nitrogens with zero attached hydrogens (tertiary/aromatic N) is 4. The fourth-order valence-electron chi connectivity index (χ4n) is 5.19. The molecule has 1 aromatic carbocycles. The number of ether oxygens (including phenoxy) is 1. The first kappa shape index (κ1) is 24.1. The zero-order valence-electron chi connectivity index (χ0n) is 19.9. The van der Waals surface area contributed by atoms with Crippen LogP contribution in [0.25, 0.3) is 5.69 Å². The number of thiocarbonyl (C=S) groups is 1. The van der Waals surface area contributed by atoms with E-state index in [1.165, 1.54) is 0 Å². The van der Waals surface area contributed by atoms with E-state index in [4.69, 9.17) is 28.6 Å². The van der Waals surface area contributed by atoms with Crippen molar-refractivity contribution in [3.8, 4) is 11.4 Å². The molecular formula is C26H30ClN5O2S. The van der Waals surface area contributed by atoms with Gasteiger partial charge in [0, 0.05) is 48.8 Å². The quantitative estimate of drug-likeness (QED) is 0.482. The molecule has 4 heterocycles. The van der Waals surface area contributed by atoms with E-state index in [0.29, 0.717) is 10.7 Å². The molecule has 2 saturated heterocycles. The van der Waals surface area contributed by atoms with Gasteiger partial charge in [-0.15, -0.1) is 0 Å². The maximum atomic E-state index is 10.6. The molecular weight excluding hydrogens is 482 g/mol. The summed E-state index contributed by atoms with van der Waals surface area (Å²) < 4.78 is 7.58. The molecule has 9 heteroatoms. The molecule has 2 fully saturated rings. The minimum Gasteiger partial charge on any atom is -0.506 e. The van der Waals surface area contributed by atoms with Crippen LogP contribution in [0, 0.1) is 13.8 Å². The van der Waals surface area contributed by atoms with Crippen LogP contribution in [-0.4, -0.2) is 69.0 Å². The predicted molar refractivity (Wildman–Crippen MR) is 141 cm³/mol. The Hall–Kier alpha value is -2.65. The summed E-state index contributed by atoms with van der Waals surface area (Å²) in [7, 11) is 0. The van der Waals surface area contributed by atoms with E-state index in [0.717, 1.165) is 67.2 Å². The Morgan fingerprint density at radius 1 is 1.14 bits per heavy atom. The number of aromatic hydroxyl groups is 1. The summed E-state index contributed by atoms with van der Waals surface area (Å²) in [5.41, 5.74) is 4.81. The number of halogens is 1. The van der Waals surface area contributed by atoms with Gasteiger partial charge in [-0.3, -0.25) is 9.88 Å². The Balaban J connectivity index is 1.55. The van der Waals surface area contributed by atoms with Crippen molar-refractivity contribution in [2.24, 2.45) is 0 Å². The zero-order chi connectivity index (χ0) is 24.5. The number of hydrogen-bond donors (Lipinski definition) is 2. The number of hydrogen-bond acceptors (Lipinski definition) is 5. The van der Waals surface area contributed by atoms with Gasteiger partial charge in [0.05, 0.1) is 36.7 Å². The Morgan fingerprint density at radius 3 is 2.69 bits per heavy atom. The standard InChI is InChI=1S/C26H30ClN5O2S/c1-17-15-20(18(2)32(17)22-16-19(27)6-7-23(22)33)25-24(21-5-3-4-8-28-21)29-26(35)31(25)10-9-30-11-13-34-14-12-30/h3-8,15-16,24-25,33H,9-14H2,1-2H3,(H,29,35). The molecule has 0 spiro atoms. The van der Waals surface area contributed by atoms with Gasteiger partial charge in [-0.2, -0.15) is 0 Å². The van der Waals surface area contributed by atoms with Crippen LogP contribution in [0.5, 0.6) is 5.75 Å². The molecule has 2 N–H and O–H groups in total. The third kappa shape index (κ3) is 4.76. The topological polar surface area (TPSA) is 65.8 Å². The number of nitrogens with one attached hydrogen (secondary N) is 1. The predicted octanol–water partition coefficient (Wildman–Crippen LogP) is 4.15. The minimum absolute atomic E-state index is 0.0419. The van der Waals surface area contributed by atoms with Gasteiger partial charge in [-0.05, 0) is 68.0 Å². The van der Waals surface area contributed by atoms with Crippen LogP contribution in [-0.2, 0) is 4.74 Å². The molecule has 2 atom stereocenters. The third-order valence-electron chi connectivity index (χ3n) is 6.93. The highest BCUT2D eigenvalue weighted by atomic mass is 35.5. The van der Waals surface area contributed by atoms with Crippen LogP contribution >= 0.6 is 23.8 Å². The van der Waals surface area contributed by atoms with Gasteiger partial charge < -0.3 is 24.6 Å². The van der Waals surface area contributed by atoms with Crippen LogP contribution < -0.4 is 5.32 Å². The van der Waals surface area contributed by atoms with Crippen molar-refractivity contribution in [1.82, 2.24) is 24.7 Å². The molecule has 2 aromatic heterocycles. The van der Waals surface area contributed by atoms with Crippen LogP contribution in [0.15, 0.2) is 48.7 Å². The molecule has 0 amide bonds. The van der Waals surface area contributed by atoms with E-state index >= 15 is 0 Å². The molecule has 2 aliphatic rings. The Kier molecular flexibility index (Phi) is 6.98. The van der Waals surface area contributed by atoms with Crippen LogP contribution in [0.2, 0.25) is 5.02 Å². The van der Waals surface area contributed by atoms with Crippen molar-refractivity contribution in [3.05, 3.63) is 76.3 Å². The summed E-state index contributed by atoms with van der Waals surface area (Å²) >= 11 is 12.1. The Labute approximate surface area is 216 Å². The summed E-state index contributed by atoms with van der Waals surface area (Å²) in [6.45, 7) is 9.25. The van der Waals surface area contributed by atoms with Crippen molar-refractivity contribution < 1.29 is 9.84 Å². The van der Waals surface area contributed by atoms with Crippen LogP contribution in [0.1, 0.15) is 34.7 Å². The fourth-order valence-corrected chi connectivity index (χ4v) is 5.69. The highest BCUT2D eigenvalue weighted by Gasteiger charge is 2.41. The van der Waals surface area contributed by atoms with E-state index in [-0.39, 0.29) is 17.8 Å². The fraction of sp³-hybridized carbons (Fsp3) is 0.385. The third-order valence-corrected chi connectivity index (χ3v) is 7.51. The Bertz CT molecular complexity index is 1210. The van der Waals surface area contributed by atoms with E-state index in [2.05, 4.69) is 37.7 Å². The zero-order valence-corrected chi connectivity index (χ0v) is 21.5. The lowest BCUT2D eigenvalue weighted by Crippen LogP contribution is -2.42. The number of phenolic OH excluding ortho intramolecular Hbond substituents is 1. The van der Waals surface area contributed by atoms with Crippen LogP contribution in [0.3, 0.4) is 0 Å². The Morgan fingerprint density at radius 2 is 1.94 bits per heavy atom. The molecule has 0 aliphatic carbocycles. The van der Waals surface area contributed by atoms with Gasteiger partial charge in [0.15, 0.2) is 5.11 Å². The molecule has 5 rings (SSSR count). The number of morpholine rings is 1. The van der Waals surface area contributed by atoms with Gasteiger partial charge >= 0.3 is 0 Å². The van der Waals surface area contributed by atoms with E-state index < -0.39 is 0 Å². The highest BCUT2D eigenvalue weighted by molar-refractivity contribution is 7.80. The van der Waals surface area contributed by atoms with Crippen molar-refractivity contribution in [2.75, 3.05) is 39.4 Å². The lowest BCUT2D eigenvalue weighted by atomic mass is 9.96. The molecule has 2 unspecified atom stereocenters. The molecule has 35 heavy (non-hydrogen) atoms. The lowest BCUT2D eigenvalue weighted by molar-refractivity contribution is 0.0350. The molecule has 2 aliphatic heterocycles. The van der Waals surface area contributed by atoms with Gasteiger partial charge in [-0.1, -0.05) is 17.7 Å². The molecule has 3 aromatic rings. The second-order valence-corrected chi connectivity index (χ2v) is 9.89.